The molecule has 0 spiro atoms. The van der Waals surface area contributed by atoms with E-state index in [1.807, 2.05) is 0 Å². The number of pyridine rings is 1. The van der Waals surface area contributed by atoms with E-state index in [2.05, 4.69) is 10.1 Å². The Morgan fingerprint density at radius 1 is 1.12 bits per heavy atom. The van der Waals surface area contributed by atoms with Crippen molar-refractivity contribution in [1.29, 1.82) is 0 Å². The maximum Gasteiger partial charge on any atom is 0.452 e. The fourth-order valence-electron chi connectivity index (χ4n) is 3.93. The highest BCUT2D eigenvalue weighted by Crippen LogP contribution is 2.44. The molecule has 0 saturated carbocycles. The average molecular weight is 480 g/mol. The Labute approximate surface area is 185 Å². The predicted octanol–water partition coefficient (Wildman–Crippen LogP) is 3.47. The number of halogens is 3. The maximum absolute atomic E-state index is 13.6. The minimum atomic E-state index is -4.67. The van der Waals surface area contributed by atoms with Gasteiger partial charge < -0.3 is 4.18 Å². The number of rotatable bonds is 2. The van der Waals surface area contributed by atoms with E-state index in [9.17, 15) is 26.4 Å². The van der Waals surface area contributed by atoms with Crippen molar-refractivity contribution in [3.63, 3.8) is 0 Å². The van der Waals surface area contributed by atoms with Crippen LogP contribution in [0.5, 0.6) is 5.88 Å². The van der Waals surface area contributed by atoms with Gasteiger partial charge in [0.2, 0.25) is 0 Å². The van der Waals surface area contributed by atoms with Crippen LogP contribution in [0.3, 0.4) is 0 Å². The molecule has 2 aliphatic heterocycles. The van der Waals surface area contributed by atoms with Crippen LogP contribution in [0.2, 0.25) is 0 Å². The van der Waals surface area contributed by atoms with Crippen molar-refractivity contribution < 1.29 is 34.7 Å². The lowest BCUT2D eigenvalue weighted by Crippen LogP contribution is -2.53. The Kier molecular flexibility index (Phi) is 4.55. The summed E-state index contributed by atoms with van der Waals surface area (Å²) < 4.78 is 75.8. The Hall–Kier alpha value is -3.45. The number of benzene rings is 1. The SMILES string of the molecule is Cc1cc(-c2c3nn4c2C(=O)N(c2ccc(C(F)(F)F)cc2)C(OS(=O)(=O)O3)[C@@H]4C)ccn1. The van der Waals surface area contributed by atoms with Crippen LogP contribution in [-0.4, -0.2) is 35.3 Å². The van der Waals surface area contributed by atoms with Crippen molar-refractivity contribution in [2.24, 2.45) is 0 Å². The maximum atomic E-state index is 13.6. The molecular formula is C20H15F3N4O5S. The van der Waals surface area contributed by atoms with Gasteiger partial charge in [0.05, 0.1) is 17.2 Å². The van der Waals surface area contributed by atoms with Crippen molar-refractivity contribution in [1.82, 2.24) is 14.8 Å². The van der Waals surface area contributed by atoms with Crippen LogP contribution in [0.4, 0.5) is 18.9 Å². The lowest BCUT2D eigenvalue weighted by Gasteiger charge is -2.38. The van der Waals surface area contributed by atoms with Gasteiger partial charge in [0.15, 0.2) is 6.23 Å². The Balaban J connectivity index is 1.74. The lowest BCUT2D eigenvalue weighted by molar-refractivity contribution is -0.137. The molecule has 2 aliphatic rings. The summed E-state index contributed by atoms with van der Waals surface area (Å²) >= 11 is 0. The van der Waals surface area contributed by atoms with Crippen LogP contribution in [0.1, 0.15) is 34.7 Å². The molecule has 1 amide bonds. The van der Waals surface area contributed by atoms with Gasteiger partial charge in [-0.2, -0.15) is 21.6 Å². The van der Waals surface area contributed by atoms with Gasteiger partial charge in [-0.25, -0.2) is 8.86 Å². The molecule has 0 aliphatic carbocycles. The first-order chi connectivity index (χ1) is 15.5. The second-order valence-corrected chi connectivity index (χ2v) is 8.77. The second kappa shape index (κ2) is 7.02. The normalized spacial score (nSPS) is 21.5. The number of aryl methyl sites for hydroxylation is 1. The third kappa shape index (κ3) is 3.43. The molecule has 3 aromatic rings. The molecular weight excluding hydrogens is 465 g/mol. The molecule has 33 heavy (non-hydrogen) atoms. The molecule has 0 saturated heterocycles. The number of hydrogen-bond acceptors (Lipinski definition) is 7. The zero-order valence-electron chi connectivity index (χ0n) is 17.1. The number of carbonyl (C=O) groups is 1. The highest BCUT2D eigenvalue weighted by molar-refractivity contribution is 7.82. The smallest absolute Gasteiger partial charge is 0.338 e. The standard InChI is InChI=1S/C20H15F3N4O5S/c1-10-9-12(7-8-24-10)15-16-18(28)26(14-5-3-13(4-6-14)20(21,22)23)19-11(2)27(16)25-17(15)31-33(29,30)32-19/h3-9,11,19H,1-2H3/t11-,19?/m0/s1. The van der Waals surface area contributed by atoms with E-state index in [1.165, 1.54) is 10.9 Å². The molecule has 1 unspecified atom stereocenters. The summed E-state index contributed by atoms with van der Waals surface area (Å²) in [6.07, 6.45) is -4.53. The zero-order chi connectivity index (χ0) is 23.7. The summed E-state index contributed by atoms with van der Waals surface area (Å²) in [6.45, 7) is 3.30. The van der Waals surface area contributed by atoms with E-state index in [0.29, 0.717) is 11.3 Å². The third-order valence-electron chi connectivity index (χ3n) is 5.41. The van der Waals surface area contributed by atoms with Crippen molar-refractivity contribution in [2.75, 3.05) is 4.90 Å². The fraction of sp³-hybridized carbons (Fsp3) is 0.250. The van der Waals surface area contributed by atoms with Crippen LogP contribution < -0.4 is 9.08 Å². The van der Waals surface area contributed by atoms with Gasteiger partial charge in [-0.3, -0.25) is 14.7 Å². The van der Waals surface area contributed by atoms with Crippen molar-refractivity contribution in [3.05, 3.63) is 59.5 Å². The van der Waals surface area contributed by atoms with Gasteiger partial charge in [-0.15, -0.1) is 5.10 Å². The summed E-state index contributed by atoms with van der Waals surface area (Å²) in [5.74, 6) is -1.05. The van der Waals surface area contributed by atoms with Gasteiger partial charge in [0, 0.05) is 17.6 Å². The highest BCUT2D eigenvalue weighted by atomic mass is 32.3. The first-order valence-corrected chi connectivity index (χ1v) is 11.0. The fourth-order valence-corrected chi connectivity index (χ4v) is 4.77. The van der Waals surface area contributed by atoms with Gasteiger partial charge in [-0.05, 0) is 55.8 Å². The molecule has 13 heteroatoms. The Bertz CT molecular complexity index is 1390. The van der Waals surface area contributed by atoms with Crippen molar-refractivity contribution in [3.8, 4) is 17.0 Å². The molecule has 2 aromatic heterocycles. The highest BCUT2D eigenvalue weighted by Gasteiger charge is 2.48. The second-order valence-electron chi connectivity index (χ2n) is 7.60. The minimum Gasteiger partial charge on any atom is -0.338 e. The van der Waals surface area contributed by atoms with E-state index >= 15 is 0 Å². The molecule has 172 valence electrons. The summed E-state index contributed by atoms with van der Waals surface area (Å²) in [5, 5.41) is 4.20. The van der Waals surface area contributed by atoms with Gasteiger partial charge in [-0.1, -0.05) is 0 Å². The molecule has 9 nitrogen and oxygen atoms in total. The van der Waals surface area contributed by atoms with E-state index < -0.39 is 40.3 Å². The summed E-state index contributed by atoms with van der Waals surface area (Å²) in [5.41, 5.74) is 0.264. The molecule has 4 heterocycles. The molecule has 1 aromatic carbocycles. The number of carbonyl (C=O) groups excluding carboxylic acids is 1. The average Bonchev–Trinajstić information content (AvgIpc) is 3.11. The summed E-state index contributed by atoms with van der Waals surface area (Å²) in [4.78, 5) is 18.7. The Morgan fingerprint density at radius 3 is 2.45 bits per heavy atom. The van der Waals surface area contributed by atoms with Crippen LogP contribution in [0.25, 0.3) is 11.1 Å². The largest absolute Gasteiger partial charge is 0.452 e. The topological polar surface area (TPSA) is 104 Å². The Morgan fingerprint density at radius 2 is 1.82 bits per heavy atom. The molecule has 2 atom stereocenters. The number of fused-ring (bicyclic) bond motifs is 2. The van der Waals surface area contributed by atoms with E-state index in [-0.39, 0.29) is 22.8 Å². The van der Waals surface area contributed by atoms with Crippen molar-refractivity contribution in [2.45, 2.75) is 32.3 Å². The molecule has 0 N–H and O–H groups in total. The number of alkyl halides is 3. The van der Waals surface area contributed by atoms with Crippen molar-refractivity contribution >= 4 is 22.0 Å². The minimum absolute atomic E-state index is 0.0138. The number of aromatic nitrogens is 3. The molecule has 0 fully saturated rings. The monoisotopic (exact) mass is 480 g/mol. The quantitative estimate of drug-likeness (QED) is 0.553. The van der Waals surface area contributed by atoms with E-state index in [1.54, 1.807) is 26.0 Å². The van der Waals surface area contributed by atoms with E-state index in [4.69, 9.17) is 8.37 Å². The van der Waals surface area contributed by atoms with Crippen LogP contribution in [-0.2, 0) is 20.8 Å². The van der Waals surface area contributed by atoms with Gasteiger partial charge in [0.1, 0.15) is 5.69 Å². The van der Waals surface area contributed by atoms with Crippen LogP contribution >= 0.6 is 0 Å². The number of nitrogens with zero attached hydrogens (tertiary/aromatic N) is 4. The van der Waals surface area contributed by atoms with Gasteiger partial charge >= 0.3 is 16.6 Å². The third-order valence-corrected chi connectivity index (χ3v) is 6.20. The number of hydrogen-bond donors (Lipinski definition) is 0. The first kappa shape index (κ1) is 21.4. The number of amides is 1. The van der Waals surface area contributed by atoms with E-state index in [0.717, 1.165) is 29.2 Å². The molecule has 3 bridgehead atoms. The predicted molar refractivity (Wildman–Crippen MR) is 108 cm³/mol. The number of anilines is 1. The molecule has 0 radical (unpaired) electrons. The first-order valence-electron chi connectivity index (χ1n) is 9.65. The summed E-state index contributed by atoms with van der Waals surface area (Å²) in [6, 6.07) is 6.16. The molecule has 5 rings (SSSR count). The summed E-state index contributed by atoms with van der Waals surface area (Å²) in [7, 11) is -4.67. The van der Waals surface area contributed by atoms with Crippen LogP contribution in [0.15, 0.2) is 42.6 Å². The van der Waals surface area contributed by atoms with Crippen LogP contribution in [0, 0.1) is 6.92 Å². The van der Waals surface area contributed by atoms with Gasteiger partial charge in [0.25, 0.3) is 11.8 Å². The zero-order valence-corrected chi connectivity index (χ0v) is 17.9. The lowest BCUT2D eigenvalue weighted by atomic mass is 10.0.